The first-order chi connectivity index (χ1) is 11.0. The summed E-state index contributed by atoms with van der Waals surface area (Å²) in [4.78, 5) is 0. The minimum absolute atomic E-state index is 0.511. The van der Waals surface area contributed by atoms with Crippen LogP contribution in [0.3, 0.4) is 0 Å². The number of unbranched alkanes of at least 4 members (excludes halogenated alkanes) is 4. The van der Waals surface area contributed by atoms with E-state index >= 15 is 0 Å². The van der Waals surface area contributed by atoms with E-state index in [4.69, 9.17) is 9.05 Å². The zero-order valence-electron chi connectivity index (χ0n) is 16.2. The van der Waals surface area contributed by atoms with Crippen LogP contribution in [0, 0.1) is 0 Å². The maximum absolute atomic E-state index is 13.6. The SMILES string of the molecule is CCCCNC(C)(CCCC)P(=O)(OCCCC)OCCCC. The fraction of sp³-hybridized carbons (Fsp3) is 1.00. The first-order valence-corrected chi connectivity index (χ1v) is 11.2. The van der Waals surface area contributed by atoms with Crippen molar-refractivity contribution in [2.75, 3.05) is 19.8 Å². The van der Waals surface area contributed by atoms with Gasteiger partial charge in [0, 0.05) is 0 Å². The van der Waals surface area contributed by atoms with E-state index in [0.29, 0.717) is 13.2 Å². The maximum Gasteiger partial charge on any atom is 0.350 e. The molecule has 0 amide bonds. The van der Waals surface area contributed by atoms with Gasteiger partial charge in [0.15, 0.2) is 0 Å². The normalized spacial score (nSPS) is 14.8. The van der Waals surface area contributed by atoms with E-state index in [-0.39, 0.29) is 0 Å². The molecule has 1 unspecified atom stereocenters. The Labute approximate surface area is 144 Å². The Morgan fingerprint density at radius 1 is 0.826 bits per heavy atom. The van der Waals surface area contributed by atoms with Gasteiger partial charge in [-0.2, -0.15) is 0 Å². The molecule has 1 N–H and O–H groups in total. The van der Waals surface area contributed by atoms with Crippen LogP contribution < -0.4 is 5.32 Å². The van der Waals surface area contributed by atoms with E-state index in [1.807, 2.05) is 6.92 Å². The minimum Gasteiger partial charge on any atom is -0.307 e. The van der Waals surface area contributed by atoms with Gasteiger partial charge in [-0.05, 0) is 39.2 Å². The summed E-state index contributed by atoms with van der Waals surface area (Å²) in [5, 5.41) is 2.93. The first kappa shape index (κ1) is 23.1. The molecule has 5 heteroatoms. The molecule has 140 valence electrons. The molecule has 0 rings (SSSR count). The van der Waals surface area contributed by atoms with Gasteiger partial charge in [0.05, 0.1) is 13.2 Å². The molecule has 0 fully saturated rings. The molecule has 0 saturated carbocycles. The highest BCUT2D eigenvalue weighted by atomic mass is 31.2. The fourth-order valence-electron chi connectivity index (χ4n) is 2.36. The predicted octanol–water partition coefficient (Wildman–Crippen LogP) is 6.11. The van der Waals surface area contributed by atoms with E-state index in [0.717, 1.165) is 64.3 Å². The highest BCUT2D eigenvalue weighted by Crippen LogP contribution is 2.60. The minimum atomic E-state index is -3.18. The van der Waals surface area contributed by atoms with Gasteiger partial charge in [-0.15, -0.1) is 0 Å². The van der Waals surface area contributed by atoms with Gasteiger partial charge in [-0.25, -0.2) is 0 Å². The molecule has 0 aromatic carbocycles. The summed E-state index contributed by atoms with van der Waals surface area (Å²) in [5.41, 5.74) is 0. The zero-order chi connectivity index (χ0) is 17.6. The zero-order valence-corrected chi connectivity index (χ0v) is 17.1. The molecule has 0 aromatic rings. The number of hydrogen-bond acceptors (Lipinski definition) is 4. The summed E-state index contributed by atoms with van der Waals surface area (Å²) >= 11 is 0. The van der Waals surface area contributed by atoms with Crippen molar-refractivity contribution in [1.82, 2.24) is 5.32 Å². The molecular weight excluding hydrogens is 309 g/mol. The molecule has 0 radical (unpaired) electrons. The predicted molar refractivity (Wildman–Crippen MR) is 100 cm³/mol. The molecule has 0 spiro atoms. The molecule has 23 heavy (non-hydrogen) atoms. The highest BCUT2D eigenvalue weighted by molar-refractivity contribution is 7.55. The van der Waals surface area contributed by atoms with Crippen molar-refractivity contribution in [2.45, 2.75) is 97.7 Å². The molecule has 0 bridgehead atoms. The number of hydrogen-bond donors (Lipinski definition) is 1. The summed E-state index contributed by atoms with van der Waals surface area (Å²) in [6.07, 6.45) is 9.01. The van der Waals surface area contributed by atoms with Gasteiger partial charge in [0.2, 0.25) is 0 Å². The first-order valence-electron chi connectivity index (χ1n) is 9.63. The molecule has 0 aliphatic carbocycles. The van der Waals surface area contributed by atoms with Crippen LogP contribution >= 0.6 is 7.60 Å². The van der Waals surface area contributed by atoms with Crippen molar-refractivity contribution in [1.29, 1.82) is 0 Å². The Morgan fingerprint density at radius 2 is 1.30 bits per heavy atom. The average molecular weight is 349 g/mol. The van der Waals surface area contributed by atoms with Gasteiger partial charge in [-0.3, -0.25) is 4.57 Å². The van der Waals surface area contributed by atoms with E-state index in [1.54, 1.807) is 0 Å². The summed E-state index contributed by atoms with van der Waals surface area (Å²) in [5.74, 6) is 0. The third kappa shape index (κ3) is 8.67. The van der Waals surface area contributed by atoms with E-state index in [1.165, 1.54) is 0 Å². The second-order valence-electron chi connectivity index (χ2n) is 6.53. The van der Waals surface area contributed by atoms with Crippen molar-refractivity contribution in [3.05, 3.63) is 0 Å². The van der Waals surface area contributed by atoms with Gasteiger partial charge in [-0.1, -0.05) is 59.8 Å². The molecule has 0 aromatic heterocycles. The topological polar surface area (TPSA) is 47.6 Å². The quantitative estimate of drug-likeness (QED) is 0.270. The Bertz CT molecular complexity index is 311. The molecule has 0 aliphatic rings. The van der Waals surface area contributed by atoms with Crippen molar-refractivity contribution < 1.29 is 13.6 Å². The third-order valence-corrected chi connectivity index (χ3v) is 6.81. The van der Waals surface area contributed by atoms with Crippen molar-refractivity contribution >= 4 is 7.60 Å². The Hall–Kier alpha value is 0.110. The third-order valence-electron chi connectivity index (χ3n) is 4.18. The second-order valence-corrected chi connectivity index (χ2v) is 9.03. The van der Waals surface area contributed by atoms with Crippen molar-refractivity contribution in [3.63, 3.8) is 0 Å². The monoisotopic (exact) mass is 349 g/mol. The van der Waals surface area contributed by atoms with Crippen LogP contribution in [0.1, 0.15) is 92.4 Å². The highest BCUT2D eigenvalue weighted by Gasteiger charge is 2.46. The molecule has 0 aliphatic heterocycles. The summed E-state index contributed by atoms with van der Waals surface area (Å²) in [6, 6.07) is 0. The van der Waals surface area contributed by atoms with Crippen molar-refractivity contribution in [2.24, 2.45) is 0 Å². The van der Waals surface area contributed by atoms with Crippen LogP contribution in [-0.4, -0.2) is 25.0 Å². The summed E-state index contributed by atoms with van der Waals surface area (Å²) in [6.45, 7) is 12.5. The fourth-order valence-corrected chi connectivity index (χ4v) is 4.48. The number of rotatable bonds is 16. The smallest absolute Gasteiger partial charge is 0.307 e. The standard InChI is InChI=1S/C18H40NO3P/c1-6-10-14-18(5,19-15-11-7-2)23(20,21-16-12-8-3)22-17-13-9-4/h19H,6-17H2,1-5H3. The number of nitrogens with one attached hydrogen (secondary N) is 1. The van der Waals surface area contributed by atoms with Crippen LogP contribution in [0.2, 0.25) is 0 Å². The summed E-state index contributed by atoms with van der Waals surface area (Å²) in [7, 11) is -3.18. The Balaban J connectivity index is 5.09. The van der Waals surface area contributed by atoms with Crippen LogP contribution in [0.15, 0.2) is 0 Å². The van der Waals surface area contributed by atoms with E-state index in [2.05, 4.69) is 33.0 Å². The van der Waals surface area contributed by atoms with Gasteiger partial charge in [0.25, 0.3) is 0 Å². The van der Waals surface area contributed by atoms with Crippen LogP contribution in [0.4, 0.5) is 0 Å². The van der Waals surface area contributed by atoms with Crippen molar-refractivity contribution in [3.8, 4) is 0 Å². The van der Waals surface area contributed by atoms with E-state index in [9.17, 15) is 4.57 Å². The molecule has 1 atom stereocenters. The van der Waals surface area contributed by atoms with Crippen LogP contribution in [0.5, 0.6) is 0 Å². The van der Waals surface area contributed by atoms with Gasteiger partial charge in [0.1, 0.15) is 5.28 Å². The molecule has 4 nitrogen and oxygen atoms in total. The maximum atomic E-state index is 13.6. The Morgan fingerprint density at radius 3 is 1.74 bits per heavy atom. The van der Waals surface area contributed by atoms with Crippen LogP contribution in [0.25, 0.3) is 0 Å². The molecule has 0 heterocycles. The molecule has 0 saturated heterocycles. The van der Waals surface area contributed by atoms with Gasteiger partial charge < -0.3 is 14.4 Å². The lowest BCUT2D eigenvalue weighted by Gasteiger charge is -2.37. The molecular formula is C18H40NO3P. The summed E-state index contributed by atoms with van der Waals surface area (Å²) < 4.78 is 25.3. The van der Waals surface area contributed by atoms with E-state index < -0.39 is 12.9 Å². The average Bonchev–Trinajstić information content (AvgIpc) is 2.53. The lowest BCUT2D eigenvalue weighted by atomic mass is 10.1. The Kier molecular flexibility index (Phi) is 13.5. The van der Waals surface area contributed by atoms with Crippen LogP contribution in [-0.2, 0) is 13.6 Å². The van der Waals surface area contributed by atoms with Gasteiger partial charge >= 0.3 is 7.60 Å². The largest absolute Gasteiger partial charge is 0.350 e. The lowest BCUT2D eigenvalue weighted by Crippen LogP contribution is -2.44. The lowest BCUT2D eigenvalue weighted by molar-refractivity contribution is 0.169. The second kappa shape index (κ2) is 13.4.